The van der Waals surface area contributed by atoms with Crippen LogP contribution in [0.25, 0.3) is 0 Å². The van der Waals surface area contributed by atoms with Crippen molar-refractivity contribution in [3.8, 4) is 12.1 Å². The van der Waals surface area contributed by atoms with E-state index in [1.807, 2.05) is 0 Å². The van der Waals surface area contributed by atoms with Crippen molar-refractivity contribution in [2.24, 2.45) is 0 Å². The first-order valence-corrected chi connectivity index (χ1v) is 4.22. The predicted molar refractivity (Wildman–Crippen MR) is 48.2 cm³/mol. The van der Waals surface area contributed by atoms with Gasteiger partial charge in [0.2, 0.25) is 0 Å². The van der Waals surface area contributed by atoms with Crippen LogP contribution >= 0.6 is 11.6 Å². The molecule has 0 saturated carbocycles. The molecule has 1 rings (SSSR count). The van der Waals surface area contributed by atoms with Gasteiger partial charge in [-0.1, -0.05) is 11.6 Å². The van der Waals surface area contributed by atoms with Crippen molar-refractivity contribution in [2.75, 3.05) is 0 Å². The molecule has 1 aromatic rings. The number of aromatic nitrogens is 1. The Kier molecular flexibility index (Phi) is 3.54. The maximum atomic E-state index is 12.5. The van der Waals surface area contributed by atoms with Gasteiger partial charge in [0.25, 0.3) is 6.43 Å². The maximum absolute atomic E-state index is 12.5. The van der Waals surface area contributed by atoms with Crippen LogP contribution in [0.2, 0.25) is 5.15 Å². The number of halogens is 3. The molecule has 15 heavy (non-hydrogen) atoms. The van der Waals surface area contributed by atoms with E-state index in [9.17, 15) is 8.78 Å². The highest BCUT2D eigenvalue weighted by Gasteiger charge is 2.17. The van der Waals surface area contributed by atoms with E-state index in [4.69, 9.17) is 22.1 Å². The molecule has 6 heteroatoms. The van der Waals surface area contributed by atoms with E-state index in [1.165, 1.54) is 6.07 Å². The van der Waals surface area contributed by atoms with Crippen molar-refractivity contribution in [2.45, 2.75) is 12.8 Å². The van der Waals surface area contributed by atoms with Gasteiger partial charge in [0.1, 0.15) is 16.9 Å². The predicted octanol–water partition coefficient (Wildman–Crippen LogP) is 2.61. The minimum atomic E-state index is -2.81. The van der Waals surface area contributed by atoms with E-state index < -0.39 is 12.1 Å². The van der Waals surface area contributed by atoms with Crippen LogP contribution in [0.5, 0.6) is 0 Å². The molecule has 1 heterocycles. The normalized spacial score (nSPS) is 9.73. The van der Waals surface area contributed by atoms with Crippen LogP contribution in [0, 0.1) is 22.7 Å². The Balaban J connectivity index is 3.35. The Morgan fingerprint density at radius 3 is 2.60 bits per heavy atom. The molecule has 3 nitrogen and oxygen atoms in total. The standard InChI is InChI=1S/C9H4ClF2N3/c10-8-6(4-14)3-5(1-2-13)7(15-8)9(11)12/h3,9H,1H2. The monoisotopic (exact) mass is 227 g/mol. The van der Waals surface area contributed by atoms with E-state index in [2.05, 4.69) is 4.98 Å². The summed E-state index contributed by atoms with van der Waals surface area (Å²) in [5.41, 5.74) is -0.514. The summed E-state index contributed by atoms with van der Waals surface area (Å²) in [6.45, 7) is 0. The number of hydrogen-bond acceptors (Lipinski definition) is 3. The zero-order valence-corrected chi connectivity index (χ0v) is 8.09. The molecular formula is C9H4ClF2N3. The van der Waals surface area contributed by atoms with E-state index in [1.54, 1.807) is 12.1 Å². The number of pyridine rings is 1. The summed E-state index contributed by atoms with van der Waals surface area (Å²) in [6.07, 6.45) is -3.03. The quantitative estimate of drug-likeness (QED) is 0.730. The molecule has 0 aromatic carbocycles. The fourth-order valence-electron chi connectivity index (χ4n) is 1.04. The van der Waals surface area contributed by atoms with Crippen LogP contribution in [-0.2, 0) is 6.42 Å². The summed E-state index contributed by atoms with van der Waals surface area (Å²) in [5.74, 6) is 0. The van der Waals surface area contributed by atoms with Gasteiger partial charge in [0.15, 0.2) is 0 Å². The lowest BCUT2D eigenvalue weighted by Crippen LogP contribution is -2.00. The highest BCUT2D eigenvalue weighted by atomic mass is 35.5. The molecule has 0 atom stereocenters. The first kappa shape index (κ1) is 11.4. The van der Waals surface area contributed by atoms with Crippen molar-refractivity contribution in [1.82, 2.24) is 4.98 Å². The van der Waals surface area contributed by atoms with Crippen LogP contribution in [0.1, 0.15) is 23.2 Å². The molecule has 0 fully saturated rings. The smallest absolute Gasteiger partial charge is 0.233 e. The fraction of sp³-hybridized carbons (Fsp3) is 0.222. The molecule has 0 aliphatic rings. The third kappa shape index (κ3) is 2.39. The number of nitrogens with zero attached hydrogens (tertiary/aromatic N) is 3. The molecule has 0 spiro atoms. The van der Waals surface area contributed by atoms with Gasteiger partial charge in [0.05, 0.1) is 18.1 Å². The third-order valence-electron chi connectivity index (χ3n) is 1.69. The lowest BCUT2D eigenvalue weighted by Gasteiger charge is -2.06. The molecule has 0 amide bonds. The minimum Gasteiger partial charge on any atom is -0.233 e. The van der Waals surface area contributed by atoms with Gasteiger partial charge < -0.3 is 0 Å². The second-order valence-corrected chi connectivity index (χ2v) is 2.98. The Hall–Kier alpha value is -1.72. The van der Waals surface area contributed by atoms with Crippen molar-refractivity contribution in [3.63, 3.8) is 0 Å². The summed E-state index contributed by atoms with van der Waals surface area (Å²) in [4.78, 5) is 3.40. The highest BCUT2D eigenvalue weighted by molar-refractivity contribution is 6.30. The topological polar surface area (TPSA) is 60.5 Å². The van der Waals surface area contributed by atoms with E-state index in [0.717, 1.165) is 0 Å². The van der Waals surface area contributed by atoms with Crippen molar-refractivity contribution < 1.29 is 8.78 Å². The average Bonchev–Trinajstić information content (AvgIpc) is 2.20. The second-order valence-electron chi connectivity index (χ2n) is 2.62. The molecule has 0 aliphatic heterocycles. The molecule has 0 aliphatic carbocycles. The Labute approximate surface area is 89.5 Å². The van der Waals surface area contributed by atoms with Crippen molar-refractivity contribution in [3.05, 3.63) is 28.0 Å². The first-order chi connectivity index (χ1) is 7.10. The first-order valence-electron chi connectivity index (χ1n) is 3.84. The SMILES string of the molecule is N#CCc1cc(C#N)c(Cl)nc1C(F)F. The summed E-state index contributed by atoms with van der Waals surface area (Å²) < 4.78 is 24.9. The van der Waals surface area contributed by atoms with Gasteiger partial charge in [-0.25, -0.2) is 13.8 Å². The molecule has 0 saturated heterocycles. The Morgan fingerprint density at radius 2 is 2.13 bits per heavy atom. The molecule has 76 valence electrons. The zero-order valence-electron chi connectivity index (χ0n) is 7.34. The number of hydrogen-bond donors (Lipinski definition) is 0. The maximum Gasteiger partial charge on any atom is 0.280 e. The lowest BCUT2D eigenvalue weighted by molar-refractivity contribution is 0.145. The van der Waals surface area contributed by atoms with Crippen molar-refractivity contribution >= 4 is 11.6 Å². The van der Waals surface area contributed by atoms with Gasteiger partial charge in [-0.3, -0.25) is 0 Å². The van der Waals surface area contributed by atoms with Crippen LogP contribution < -0.4 is 0 Å². The summed E-state index contributed by atoms with van der Waals surface area (Å²) in [5, 5.41) is 16.7. The third-order valence-corrected chi connectivity index (χ3v) is 1.97. The average molecular weight is 228 g/mol. The number of nitriles is 2. The van der Waals surface area contributed by atoms with Gasteiger partial charge >= 0.3 is 0 Å². The number of alkyl halides is 2. The molecule has 0 radical (unpaired) electrons. The molecule has 1 aromatic heterocycles. The van der Waals surface area contributed by atoms with Gasteiger partial charge in [-0.05, 0) is 11.6 Å². The van der Waals surface area contributed by atoms with E-state index >= 15 is 0 Å². The summed E-state index contributed by atoms with van der Waals surface area (Å²) in [7, 11) is 0. The van der Waals surface area contributed by atoms with Crippen LogP contribution in [-0.4, -0.2) is 4.98 Å². The molecule has 0 N–H and O–H groups in total. The Bertz CT molecular complexity index is 460. The van der Waals surface area contributed by atoms with E-state index in [-0.39, 0.29) is 22.7 Å². The second kappa shape index (κ2) is 4.68. The fourth-order valence-corrected chi connectivity index (χ4v) is 1.23. The molecule has 0 unspecified atom stereocenters. The van der Waals surface area contributed by atoms with Crippen LogP contribution in [0.3, 0.4) is 0 Å². The van der Waals surface area contributed by atoms with Crippen LogP contribution in [0.4, 0.5) is 8.78 Å². The molecular weight excluding hydrogens is 224 g/mol. The number of rotatable bonds is 2. The zero-order chi connectivity index (χ0) is 11.4. The van der Waals surface area contributed by atoms with Gasteiger partial charge in [-0.15, -0.1) is 0 Å². The Morgan fingerprint density at radius 1 is 1.47 bits per heavy atom. The lowest BCUT2D eigenvalue weighted by atomic mass is 10.1. The van der Waals surface area contributed by atoms with Crippen molar-refractivity contribution in [1.29, 1.82) is 10.5 Å². The highest BCUT2D eigenvalue weighted by Crippen LogP contribution is 2.25. The van der Waals surface area contributed by atoms with Gasteiger partial charge in [-0.2, -0.15) is 10.5 Å². The summed E-state index contributed by atoms with van der Waals surface area (Å²) in [6, 6.07) is 4.60. The van der Waals surface area contributed by atoms with E-state index in [0.29, 0.717) is 0 Å². The minimum absolute atomic E-state index is 0.00804. The molecule has 0 bridgehead atoms. The van der Waals surface area contributed by atoms with Crippen LogP contribution in [0.15, 0.2) is 6.07 Å². The largest absolute Gasteiger partial charge is 0.280 e. The summed E-state index contributed by atoms with van der Waals surface area (Å²) >= 11 is 5.50. The van der Waals surface area contributed by atoms with Gasteiger partial charge in [0, 0.05) is 0 Å².